The van der Waals surface area contributed by atoms with Crippen molar-refractivity contribution in [3.63, 3.8) is 0 Å². The summed E-state index contributed by atoms with van der Waals surface area (Å²) in [4.78, 5) is 7.06. The summed E-state index contributed by atoms with van der Waals surface area (Å²) in [6, 6.07) is 3.67. The minimum Gasteiger partial charge on any atom is -0.297 e. The number of benzene rings is 1. The maximum absolute atomic E-state index is 13.4. The van der Waals surface area contributed by atoms with E-state index < -0.39 is 11.6 Å². The molecular formula is C12H12F2N2S. The Morgan fingerprint density at radius 1 is 1.29 bits per heavy atom. The molecule has 1 aromatic carbocycles. The Morgan fingerprint density at radius 2 is 2.12 bits per heavy atom. The molecule has 0 aliphatic rings. The van der Waals surface area contributed by atoms with Crippen molar-refractivity contribution in [3.05, 3.63) is 52.0 Å². The molecule has 0 aliphatic heterocycles. The molecule has 0 fully saturated rings. The average Bonchev–Trinajstić information content (AvgIpc) is 2.75. The van der Waals surface area contributed by atoms with Crippen molar-refractivity contribution in [2.75, 3.05) is 7.05 Å². The fourth-order valence-electron chi connectivity index (χ4n) is 1.58. The van der Waals surface area contributed by atoms with Gasteiger partial charge in [-0.05, 0) is 13.1 Å². The molecule has 0 atom stereocenters. The van der Waals surface area contributed by atoms with Crippen LogP contribution >= 0.6 is 11.3 Å². The first-order valence-electron chi connectivity index (χ1n) is 5.15. The third-order valence-corrected chi connectivity index (χ3v) is 3.13. The maximum atomic E-state index is 13.4. The van der Waals surface area contributed by atoms with E-state index in [-0.39, 0.29) is 0 Å². The molecule has 0 bridgehead atoms. The highest BCUT2D eigenvalue weighted by Gasteiger charge is 2.08. The van der Waals surface area contributed by atoms with Gasteiger partial charge in [0.15, 0.2) is 0 Å². The van der Waals surface area contributed by atoms with Crippen LogP contribution in [0, 0.1) is 11.6 Å². The van der Waals surface area contributed by atoms with Gasteiger partial charge in [-0.1, -0.05) is 6.07 Å². The van der Waals surface area contributed by atoms with Crippen LogP contribution in [0.25, 0.3) is 0 Å². The van der Waals surface area contributed by atoms with Crippen LogP contribution in [0.5, 0.6) is 0 Å². The minimum absolute atomic E-state index is 0.448. The molecule has 0 radical (unpaired) electrons. The summed E-state index contributed by atoms with van der Waals surface area (Å²) in [6.07, 6.45) is 1.79. The van der Waals surface area contributed by atoms with E-state index in [1.54, 1.807) is 23.0 Å². The zero-order chi connectivity index (χ0) is 12.3. The molecule has 0 saturated carbocycles. The molecule has 1 heterocycles. The third kappa shape index (κ3) is 3.31. The summed E-state index contributed by atoms with van der Waals surface area (Å²) in [7, 11) is 1.89. The quantitative estimate of drug-likeness (QED) is 0.833. The van der Waals surface area contributed by atoms with Crippen LogP contribution < -0.4 is 0 Å². The predicted octanol–water partition coefficient (Wildman–Crippen LogP) is 3.05. The van der Waals surface area contributed by atoms with Gasteiger partial charge in [0.25, 0.3) is 0 Å². The summed E-state index contributed by atoms with van der Waals surface area (Å²) in [5.74, 6) is -1.04. The highest BCUT2D eigenvalue weighted by Crippen LogP contribution is 2.14. The molecular weight excluding hydrogens is 242 g/mol. The van der Waals surface area contributed by atoms with Crippen molar-refractivity contribution >= 4 is 11.3 Å². The number of aromatic nitrogens is 1. The number of rotatable bonds is 4. The molecule has 5 heteroatoms. The zero-order valence-corrected chi connectivity index (χ0v) is 10.2. The fraction of sp³-hybridized carbons (Fsp3) is 0.250. The van der Waals surface area contributed by atoms with E-state index in [2.05, 4.69) is 4.98 Å². The van der Waals surface area contributed by atoms with Crippen molar-refractivity contribution < 1.29 is 8.78 Å². The van der Waals surface area contributed by atoms with E-state index >= 15 is 0 Å². The first kappa shape index (κ1) is 12.1. The van der Waals surface area contributed by atoms with Gasteiger partial charge in [0.1, 0.15) is 11.6 Å². The van der Waals surface area contributed by atoms with Gasteiger partial charge in [0.2, 0.25) is 0 Å². The second-order valence-electron chi connectivity index (χ2n) is 3.88. The Morgan fingerprint density at radius 3 is 2.76 bits per heavy atom. The highest BCUT2D eigenvalue weighted by atomic mass is 32.1. The Kier molecular flexibility index (Phi) is 3.81. The second kappa shape index (κ2) is 5.33. The molecule has 0 aliphatic carbocycles. The molecule has 90 valence electrons. The first-order valence-corrected chi connectivity index (χ1v) is 6.03. The molecule has 1 aromatic heterocycles. The van der Waals surface area contributed by atoms with E-state index in [0.717, 1.165) is 10.9 Å². The van der Waals surface area contributed by atoms with E-state index in [0.29, 0.717) is 18.7 Å². The molecule has 2 rings (SSSR count). The summed E-state index contributed by atoms with van der Waals surface area (Å²) in [5, 5.41) is 0. The Bertz CT molecular complexity index is 485. The van der Waals surface area contributed by atoms with Crippen LogP contribution in [-0.2, 0) is 13.1 Å². The standard InChI is InChI=1S/C12H12F2N2S/c1-16(7-11-5-15-8-17-11)6-9-2-3-10(13)4-12(9)14/h2-5,8H,6-7H2,1H3. The lowest BCUT2D eigenvalue weighted by molar-refractivity contribution is 0.316. The van der Waals surface area contributed by atoms with E-state index in [1.807, 2.05) is 11.9 Å². The highest BCUT2D eigenvalue weighted by molar-refractivity contribution is 7.09. The average molecular weight is 254 g/mol. The van der Waals surface area contributed by atoms with Gasteiger partial charge in [0, 0.05) is 35.8 Å². The van der Waals surface area contributed by atoms with Crippen molar-refractivity contribution in [2.45, 2.75) is 13.1 Å². The summed E-state index contributed by atoms with van der Waals surface area (Å²) < 4.78 is 26.1. The second-order valence-corrected chi connectivity index (χ2v) is 4.85. The van der Waals surface area contributed by atoms with Crippen molar-refractivity contribution in [1.29, 1.82) is 0 Å². The molecule has 0 unspecified atom stereocenters. The zero-order valence-electron chi connectivity index (χ0n) is 9.36. The number of halogens is 2. The largest absolute Gasteiger partial charge is 0.297 e. The third-order valence-electron chi connectivity index (χ3n) is 2.36. The number of nitrogens with zero attached hydrogens (tertiary/aromatic N) is 2. The predicted molar refractivity (Wildman–Crippen MR) is 63.6 cm³/mol. The molecule has 0 amide bonds. The summed E-state index contributed by atoms with van der Waals surface area (Å²) >= 11 is 1.56. The van der Waals surface area contributed by atoms with Crippen molar-refractivity contribution in [1.82, 2.24) is 9.88 Å². The molecule has 0 saturated heterocycles. The lowest BCUT2D eigenvalue weighted by Gasteiger charge is -2.15. The Balaban J connectivity index is 2.00. The van der Waals surface area contributed by atoms with Crippen LogP contribution in [0.2, 0.25) is 0 Å². The number of thiazole rings is 1. The van der Waals surface area contributed by atoms with Crippen molar-refractivity contribution in [3.8, 4) is 0 Å². The SMILES string of the molecule is CN(Cc1cncs1)Cc1ccc(F)cc1F. The van der Waals surface area contributed by atoms with Gasteiger partial charge >= 0.3 is 0 Å². The summed E-state index contributed by atoms with van der Waals surface area (Å²) in [5.41, 5.74) is 2.26. The minimum atomic E-state index is -0.545. The van der Waals surface area contributed by atoms with Crippen LogP contribution in [0.15, 0.2) is 29.9 Å². The fourth-order valence-corrected chi connectivity index (χ4v) is 2.26. The lowest BCUT2D eigenvalue weighted by atomic mass is 10.2. The van der Waals surface area contributed by atoms with Gasteiger partial charge in [-0.25, -0.2) is 8.78 Å². The smallest absolute Gasteiger partial charge is 0.130 e. The van der Waals surface area contributed by atoms with E-state index in [1.165, 1.54) is 12.1 Å². The topological polar surface area (TPSA) is 16.1 Å². The number of hydrogen-bond donors (Lipinski definition) is 0. The Hall–Kier alpha value is -1.33. The molecule has 17 heavy (non-hydrogen) atoms. The van der Waals surface area contributed by atoms with Gasteiger partial charge in [-0.15, -0.1) is 11.3 Å². The van der Waals surface area contributed by atoms with Crippen LogP contribution in [-0.4, -0.2) is 16.9 Å². The van der Waals surface area contributed by atoms with Crippen molar-refractivity contribution in [2.24, 2.45) is 0 Å². The van der Waals surface area contributed by atoms with Crippen LogP contribution in [0.3, 0.4) is 0 Å². The summed E-state index contributed by atoms with van der Waals surface area (Å²) in [6.45, 7) is 1.16. The molecule has 2 nitrogen and oxygen atoms in total. The number of hydrogen-bond acceptors (Lipinski definition) is 3. The van der Waals surface area contributed by atoms with Crippen LogP contribution in [0.1, 0.15) is 10.4 Å². The molecule has 0 N–H and O–H groups in total. The molecule has 2 aromatic rings. The normalized spacial score (nSPS) is 11.1. The lowest BCUT2D eigenvalue weighted by Crippen LogP contribution is -2.17. The van der Waals surface area contributed by atoms with Gasteiger partial charge < -0.3 is 0 Å². The van der Waals surface area contributed by atoms with Crippen LogP contribution in [0.4, 0.5) is 8.78 Å². The van der Waals surface area contributed by atoms with Gasteiger partial charge in [0.05, 0.1) is 5.51 Å². The van der Waals surface area contributed by atoms with Gasteiger partial charge in [-0.2, -0.15) is 0 Å². The van der Waals surface area contributed by atoms with E-state index in [4.69, 9.17) is 0 Å². The monoisotopic (exact) mass is 254 g/mol. The van der Waals surface area contributed by atoms with E-state index in [9.17, 15) is 8.78 Å². The first-order chi connectivity index (χ1) is 8.15. The van der Waals surface area contributed by atoms with Gasteiger partial charge in [-0.3, -0.25) is 9.88 Å². The Labute approximate surface area is 103 Å². The maximum Gasteiger partial charge on any atom is 0.130 e. The molecule has 0 spiro atoms.